The van der Waals surface area contributed by atoms with Crippen LogP contribution < -0.4 is 10.1 Å². The van der Waals surface area contributed by atoms with Gasteiger partial charge < -0.3 is 15.2 Å². The number of ether oxygens (including phenoxy) is 1. The summed E-state index contributed by atoms with van der Waals surface area (Å²) >= 11 is 0. The molecule has 1 aromatic carbocycles. The number of amides is 1. The summed E-state index contributed by atoms with van der Waals surface area (Å²) in [5, 5.41) is 12.2. The van der Waals surface area contributed by atoms with E-state index >= 15 is 0 Å². The summed E-state index contributed by atoms with van der Waals surface area (Å²) in [6, 6.07) is 5.18. The van der Waals surface area contributed by atoms with Crippen LogP contribution in [0.5, 0.6) is 5.75 Å². The number of rotatable bonds is 7. The third-order valence-electron chi connectivity index (χ3n) is 3.13. The van der Waals surface area contributed by atoms with Crippen LogP contribution in [0.15, 0.2) is 24.3 Å². The molecule has 1 rings (SSSR count). The molecule has 0 saturated heterocycles. The number of aliphatic hydroxyl groups excluding tert-OH is 1. The molecule has 0 bridgehead atoms. The number of alkyl halides is 3. The maximum Gasteiger partial charge on any atom is 0.573 e. The van der Waals surface area contributed by atoms with E-state index in [1.54, 1.807) is 6.92 Å². The highest BCUT2D eigenvalue weighted by Gasteiger charge is 2.31. The molecule has 0 aromatic heterocycles. The standard InChI is InChI=1S/C16H22F3NO3/c1-11(21)9-15(2,3)10-20-14(22)8-12-4-6-13(7-5-12)23-16(17,18)19/h4-7,11,21H,8-10H2,1-3H3,(H,20,22). The minimum Gasteiger partial charge on any atom is -0.406 e. The van der Waals surface area contributed by atoms with Crippen molar-refractivity contribution in [3.05, 3.63) is 29.8 Å². The minimum absolute atomic E-state index is 0.0665. The summed E-state index contributed by atoms with van der Waals surface area (Å²) in [4.78, 5) is 11.9. The molecule has 0 spiro atoms. The van der Waals surface area contributed by atoms with E-state index in [1.165, 1.54) is 24.3 Å². The second kappa shape index (κ2) is 7.68. The number of hydrogen-bond acceptors (Lipinski definition) is 3. The van der Waals surface area contributed by atoms with Crippen LogP contribution in [-0.2, 0) is 11.2 Å². The fourth-order valence-corrected chi connectivity index (χ4v) is 2.27. The van der Waals surface area contributed by atoms with Crippen LogP contribution in [0.1, 0.15) is 32.8 Å². The van der Waals surface area contributed by atoms with Gasteiger partial charge in [0.2, 0.25) is 5.91 Å². The minimum atomic E-state index is -4.73. The molecule has 2 N–H and O–H groups in total. The van der Waals surface area contributed by atoms with Gasteiger partial charge in [-0.3, -0.25) is 4.79 Å². The second-order valence-corrected chi connectivity index (χ2v) is 6.36. The number of carbonyl (C=O) groups excluding carboxylic acids is 1. The highest BCUT2D eigenvalue weighted by Crippen LogP contribution is 2.23. The van der Waals surface area contributed by atoms with E-state index in [4.69, 9.17) is 0 Å². The molecule has 1 amide bonds. The quantitative estimate of drug-likeness (QED) is 0.806. The van der Waals surface area contributed by atoms with E-state index in [1.807, 2.05) is 13.8 Å². The summed E-state index contributed by atoms with van der Waals surface area (Å²) < 4.78 is 39.9. The van der Waals surface area contributed by atoms with Crippen LogP contribution in [0.25, 0.3) is 0 Å². The highest BCUT2D eigenvalue weighted by atomic mass is 19.4. The third-order valence-corrected chi connectivity index (χ3v) is 3.13. The van der Waals surface area contributed by atoms with Crippen molar-refractivity contribution in [1.29, 1.82) is 0 Å². The van der Waals surface area contributed by atoms with Gasteiger partial charge >= 0.3 is 6.36 Å². The van der Waals surface area contributed by atoms with Gasteiger partial charge in [0, 0.05) is 6.54 Å². The van der Waals surface area contributed by atoms with Crippen LogP contribution in [0.2, 0.25) is 0 Å². The molecule has 0 fully saturated rings. The smallest absolute Gasteiger partial charge is 0.406 e. The zero-order valence-corrected chi connectivity index (χ0v) is 13.4. The molecule has 0 aliphatic carbocycles. The Kier molecular flexibility index (Phi) is 6.44. The van der Waals surface area contributed by atoms with Crippen molar-refractivity contribution < 1.29 is 27.8 Å². The number of halogens is 3. The first-order valence-corrected chi connectivity index (χ1v) is 7.26. The number of carbonyl (C=O) groups is 1. The summed E-state index contributed by atoms with van der Waals surface area (Å²) in [6.07, 6.45) is -4.56. The van der Waals surface area contributed by atoms with E-state index in [-0.39, 0.29) is 23.5 Å². The largest absolute Gasteiger partial charge is 0.573 e. The predicted octanol–water partition coefficient (Wildman–Crippen LogP) is 3.04. The van der Waals surface area contributed by atoms with Gasteiger partial charge in [-0.05, 0) is 36.5 Å². The Morgan fingerprint density at radius 1 is 1.26 bits per heavy atom. The van der Waals surface area contributed by atoms with Crippen molar-refractivity contribution in [2.75, 3.05) is 6.54 Å². The zero-order valence-electron chi connectivity index (χ0n) is 13.4. The lowest BCUT2D eigenvalue weighted by molar-refractivity contribution is -0.274. The Hall–Kier alpha value is -1.76. The fourth-order valence-electron chi connectivity index (χ4n) is 2.27. The van der Waals surface area contributed by atoms with E-state index in [9.17, 15) is 23.1 Å². The van der Waals surface area contributed by atoms with Gasteiger partial charge in [0.15, 0.2) is 0 Å². The van der Waals surface area contributed by atoms with Crippen molar-refractivity contribution in [3.8, 4) is 5.75 Å². The Balaban J connectivity index is 2.48. The lowest BCUT2D eigenvalue weighted by Crippen LogP contribution is -2.36. The van der Waals surface area contributed by atoms with Crippen molar-refractivity contribution >= 4 is 5.91 Å². The summed E-state index contributed by atoms with van der Waals surface area (Å²) in [7, 11) is 0. The molecular formula is C16H22F3NO3. The molecule has 130 valence electrons. The predicted molar refractivity (Wildman–Crippen MR) is 79.9 cm³/mol. The van der Waals surface area contributed by atoms with Gasteiger partial charge in [0.1, 0.15) is 5.75 Å². The Morgan fingerprint density at radius 2 is 1.83 bits per heavy atom. The SMILES string of the molecule is CC(O)CC(C)(C)CNC(=O)Cc1ccc(OC(F)(F)F)cc1. The van der Waals surface area contributed by atoms with E-state index in [0.29, 0.717) is 18.5 Å². The summed E-state index contributed by atoms with van der Waals surface area (Å²) in [5.74, 6) is -0.548. The van der Waals surface area contributed by atoms with Gasteiger partial charge in [-0.1, -0.05) is 26.0 Å². The maximum absolute atomic E-state index is 12.1. The van der Waals surface area contributed by atoms with Gasteiger partial charge in [0.05, 0.1) is 12.5 Å². The van der Waals surface area contributed by atoms with Crippen molar-refractivity contribution in [3.63, 3.8) is 0 Å². The first-order valence-electron chi connectivity index (χ1n) is 7.26. The second-order valence-electron chi connectivity index (χ2n) is 6.36. The number of hydrogen-bond donors (Lipinski definition) is 2. The van der Waals surface area contributed by atoms with Crippen LogP contribution in [0.3, 0.4) is 0 Å². The fraction of sp³-hybridized carbons (Fsp3) is 0.562. The van der Waals surface area contributed by atoms with Crippen LogP contribution in [-0.4, -0.2) is 30.0 Å². The molecule has 0 aliphatic heterocycles. The van der Waals surface area contributed by atoms with E-state index in [0.717, 1.165) is 0 Å². The normalized spacial score (nSPS) is 13.5. The Labute approximate surface area is 133 Å². The van der Waals surface area contributed by atoms with Gasteiger partial charge in [-0.2, -0.15) is 0 Å². The molecule has 0 heterocycles. The summed E-state index contributed by atoms with van der Waals surface area (Å²) in [5.41, 5.74) is 0.346. The molecule has 23 heavy (non-hydrogen) atoms. The van der Waals surface area contributed by atoms with Gasteiger partial charge in [-0.25, -0.2) is 0 Å². The number of aliphatic hydroxyl groups is 1. The average Bonchev–Trinajstić information content (AvgIpc) is 2.36. The maximum atomic E-state index is 12.1. The van der Waals surface area contributed by atoms with E-state index in [2.05, 4.69) is 10.1 Å². The molecular weight excluding hydrogens is 311 g/mol. The molecule has 4 nitrogen and oxygen atoms in total. The van der Waals surface area contributed by atoms with Crippen molar-refractivity contribution in [1.82, 2.24) is 5.32 Å². The topological polar surface area (TPSA) is 58.6 Å². The first kappa shape index (κ1) is 19.3. The molecule has 1 unspecified atom stereocenters. The van der Waals surface area contributed by atoms with Crippen molar-refractivity contribution in [2.45, 2.75) is 46.1 Å². The summed E-state index contributed by atoms with van der Waals surface area (Å²) in [6.45, 7) is 5.96. The Morgan fingerprint density at radius 3 is 2.30 bits per heavy atom. The molecule has 0 saturated carbocycles. The Bertz CT molecular complexity index is 510. The van der Waals surface area contributed by atoms with Crippen LogP contribution >= 0.6 is 0 Å². The van der Waals surface area contributed by atoms with E-state index < -0.39 is 12.5 Å². The van der Waals surface area contributed by atoms with Crippen LogP contribution in [0, 0.1) is 5.41 Å². The molecule has 1 aromatic rings. The lowest BCUT2D eigenvalue weighted by Gasteiger charge is -2.26. The molecule has 0 radical (unpaired) electrons. The number of nitrogens with one attached hydrogen (secondary N) is 1. The third kappa shape index (κ3) is 8.44. The number of benzene rings is 1. The zero-order chi connectivity index (χ0) is 17.7. The van der Waals surface area contributed by atoms with Gasteiger partial charge in [0.25, 0.3) is 0 Å². The molecule has 1 atom stereocenters. The monoisotopic (exact) mass is 333 g/mol. The highest BCUT2D eigenvalue weighted by molar-refractivity contribution is 5.78. The van der Waals surface area contributed by atoms with Gasteiger partial charge in [-0.15, -0.1) is 13.2 Å². The molecule has 0 aliphatic rings. The van der Waals surface area contributed by atoms with Crippen molar-refractivity contribution in [2.24, 2.45) is 5.41 Å². The average molecular weight is 333 g/mol. The van der Waals surface area contributed by atoms with Crippen LogP contribution in [0.4, 0.5) is 13.2 Å². The first-order chi connectivity index (χ1) is 10.5. The lowest BCUT2D eigenvalue weighted by atomic mass is 9.87. The molecule has 7 heteroatoms.